The van der Waals surface area contributed by atoms with E-state index < -0.39 is 5.82 Å². The first-order valence-corrected chi connectivity index (χ1v) is 7.27. The van der Waals surface area contributed by atoms with Crippen molar-refractivity contribution in [2.24, 2.45) is 0 Å². The molecule has 0 saturated carbocycles. The molecule has 0 amide bonds. The molecule has 0 unspecified atom stereocenters. The summed E-state index contributed by atoms with van der Waals surface area (Å²) in [7, 11) is 0. The predicted octanol–water partition coefficient (Wildman–Crippen LogP) is 3.64. The molecule has 0 saturated heterocycles. The van der Waals surface area contributed by atoms with Crippen LogP contribution in [-0.2, 0) is 6.54 Å². The molecule has 106 valence electrons. The molecule has 1 aromatic carbocycles. The molecule has 0 aliphatic carbocycles. The Morgan fingerprint density at radius 1 is 1.43 bits per heavy atom. The Balaban J connectivity index is 1.86. The van der Waals surface area contributed by atoms with E-state index in [1.807, 2.05) is 30.5 Å². The number of halogens is 1. The zero-order valence-electron chi connectivity index (χ0n) is 11.6. The number of rotatable bonds is 3. The number of fused-ring (bicyclic) bond motifs is 1. The number of aryl methyl sites for hydroxylation is 2. The molecule has 6 heteroatoms. The van der Waals surface area contributed by atoms with Crippen molar-refractivity contribution in [3.8, 4) is 6.07 Å². The van der Waals surface area contributed by atoms with Gasteiger partial charge in [0.05, 0.1) is 35.3 Å². The molecule has 0 aliphatic rings. The van der Waals surface area contributed by atoms with Crippen LogP contribution in [-0.4, -0.2) is 9.38 Å². The molecular formula is C15H13FN4S. The molecule has 3 rings (SSSR count). The lowest BCUT2D eigenvalue weighted by atomic mass is 10.2. The summed E-state index contributed by atoms with van der Waals surface area (Å²) in [5.41, 5.74) is 2.64. The van der Waals surface area contributed by atoms with Gasteiger partial charge in [-0.05, 0) is 32.0 Å². The van der Waals surface area contributed by atoms with E-state index in [1.54, 1.807) is 23.5 Å². The van der Waals surface area contributed by atoms with Crippen molar-refractivity contribution in [1.29, 1.82) is 5.26 Å². The Kier molecular flexibility index (Phi) is 3.35. The van der Waals surface area contributed by atoms with Gasteiger partial charge in [-0.3, -0.25) is 4.40 Å². The highest BCUT2D eigenvalue weighted by Crippen LogP contribution is 2.22. The minimum atomic E-state index is -0.422. The maximum Gasteiger partial charge on any atom is 0.194 e. The van der Waals surface area contributed by atoms with Gasteiger partial charge in [-0.25, -0.2) is 9.37 Å². The zero-order valence-corrected chi connectivity index (χ0v) is 12.5. The van der Waals surface area contributed by atoms with E-state index in [0.29, 0.717) is 17.8 Å². The topological polar surface area (TPSA) is 53.1 Å². The second-order valence-corrected chi connectivity index (χ2v) is 6.01. The largest absolute Gasteiger partial charge is 0.377 e. The molecule has 0 atom stereocenters. The van der Waals surface area contributed by atoms with Crippen molar-refractivity contribution < 1.29 is 4.39 Å². The van der Waals surface area contributed by atoms with Crippen LogP contribution in [0.2, 0.25) is 0 Å². The van der Waals surface area contributed by atoms with Crippen molar-refractivity contribution in [3.63, 3.8) is 0 Å². The van der Waals surface area contributed by atoms with E-state index in [-0.39, 0.29) is 0 Å². The lowest BCUT2D eigenvalue weighted by Crippen LogP contribution is -2.05. The van der Waals surface area contributed by atoms with Crippen LogP contribution in [0.5, 0.6) is 0 Å². The fourth-order valence-electron chi connectivity index (χ4n) is 2.23. The van der Waals surface area contributed by atoms with Gasteiger partial charge in [-0.1, -0.05) is 0 Å². The molecule has 0 aliphatic heterocycles. The number of anilines is 1. The first-order valence-electron chi connectivity index (χ1n) is 6.46. The lowest BCUT2D eigenvalue weighted by molar-refractivity contribution is 0.629. The number of thiazole rings is 1. The number of hydrogen-bond acceptors (Lipinski definition) is 4. The molecule has 3 aromatic rings. The van der Waals surface area contributed by atoms with Crippen LogP contribution in [0, 0.1) is 31.0 Å². The van der Waals surface area contributed by atoms with Crippen molar-refractivity contribution in [2.75, 3.05) is 5.32 Å². The average molecular weight is 300 g/mol. The van der Waals surface area contributed by atoms with E-state index >= 15 is 0 Å². The Hall–Kier alpha value is -2.39. The number of hydrogen-bond donors (Lipinski definition) is 1. The minimum Gasteiger partial charge on any atom is -0.377 e. The first-order chi connectivity index (χ1) is 10.1. The molecule has 0 spiro atoms. The van der Waals surface area contributed by atoms with Crippen LogP contribution in [0.25, 0.3) is 4.96 Å². The Labute approximate surface area is 125 Å². The monoisotopic (exact) mass is 300 g/mol. The minimum absolute atomic E-state index is 0.314. The Bertz CT molecular complexity index is 857. The second-order valence-electron chi connectivity index (χ2n) is 4.80. The van der Waals surface area contributed by atoms with Gasteiger partial charge in [0.15, 0.2) is 4.96 Å². The fourth-order valence-corrected chi connectivity index (χ4v) is 3.12. The highest BCUT2D eigenvalue weighted by atomic mass is 32.1. The third kappa shape index (κ3) is 2.48. The summed E-state index contributed by atoms with van der Waals surface area (Å²) in [5.74, 6) is -0.422. The highest BCUT2D eigenvalue weighted by molar-refractivity contribution is 7.17. The summed E-state index contributed by atoms with van der Waals surface area (Å²) in [6, 6.07) is 6.33. The normalized spacial score (nSPS) is 10.8. The molecule has 0 radical (unpaired) electrons. The van der Waals surface area contributed by atoms with Gasteiger partial charge in [0.1, 0.15) is 5.82 Å². The summed E-state index contributed by atoms with van der Waals surface area (Å²) < 4.78 is 15.9. The number of nitriles is 1. The van der Waals surface area contributed by atoms with E-state index in [9.17, 15) is 4.39 Å². The van der Waals surface area contributed by atoms with Gasteiger partial charge in [0.2, 0.25) is 0 Å². The third-order valence-electron chi connectivity index (χ3n) is 3.29. The Morgan fingerprint density at radius 3 is 2.95 bits per heavy atom. The molecule has 0 fully saturated rings. The first kappa shape index (κ1) is 13.6. The van der Waals surface area contributed by atoms with Crippen LogP contribution in [0.3, 0.4) is 0 Å². The van der Waals surface area contributed by atoms with E-state index in [0.717, 1.165) is 16.3 Å². The predicted molar refractivity (Wildman–Crippen MR) is 81.0 cm³/mol. The average Bonchev–Trinajstić information content (AvgIpc) is 2.93. The zero-order chi connectivity index (χ0) is 15.0. The summed E-state index contributed by atoms with van der Waals surface area (Å²) in [5, 5.41) is 11.8. The van der Waals surface area contributed by atoms with Gasteiger partial charge >= 0.3 is 0 Å². The maximum absolute atomic E-state index is 13.9. The van der Waals surface area contributed by atoms with Gasteiger partial charge < -0.3 is 5.32 Å². The standard InChI is InChI=1S/C15H13FN4S/c1-9-8-20-14(10(2)19-15(20)21-9)7-18-13-4-3-11(6-17)5-12(13)16/h3-5,8,18H,7H2,1-2H3. The van der Waals surface area contributed by atoms with Gasteiger partial charge in [-0.15, -0.1) is 11.3 Å². The summed E-state index contributed by atoms with van der Waals surface area (Å²) in [4.78, 5) is 6.63. The summed E-state index contributed by atoms with van der Waals surface area (Å²) >= 11 is 1.63. The molecule has 2 heterocycles. The number of nitrogens with one attached hydrogen (secondary N) is 1. The molecular weight excluding hydrogens is 287 g/mol. The second kappa shape index (κ2) is 5.19. The van der Waals surface area contributed by atoms with Gasteiger partial charge in [0.25, 0.3) is 0 Å². The number of imidazole rings is 1. The van der Waals surface area contributed by atoms with E-state index in [1.165, 1.54) is 10.9 Å². The molecule has 0 bridgehead atoms. The van der Waals surface area contributed by atoms with Crippen LogP contribution < -0.4 is 5.32 Å². The lowest BCUT2D eigenvalue weighted by Gasteiger charge is -2.08. The summed E-state index contributed by atoms with van der Waals surface area (Å²) in [6.45, 7) is 4.46. The van der Waals surface area contributed by atoms with Crippen molar-refractivity contribution >= 4 is 22.0 Å². The third-order valence-corrected chi connectivity index (χ3v) is 4.18. The smallest absolute Gasteiger partial charge is 0.194 e. The van der Waals surface area contributed by atoms with Gasteiger partial charge in [0, 0.05) is 11.1 Å². The fraction of sp³-hybridized carbons (Fsp3) is 0.200. The van der Waals surface area contributed by atoms with Crippen molar-refractivity contribution in [1.82, 2.24) is 9.38 Å². The van der Waals surface area contributed by atoms with Crippen molar-refractivity contribution in [2.45, 2.75) is 20.4 Å². The van der Waals surface area contributed by atoms with Crippen LogP contribution >= 0.6 is 11.3 Å². The maximum atomic E-state index is 13.9. The number of benzene rings is 1. The summed E-state index contributed by atoms with van der Waals surface area (Å²) in [6.07, 6.45) is 2.03. The number of nitrogens with zero attached hydrogens (tertiary/aromatic N) is 3. The van der Waals surface area contributed by atoms with E-state index in [4.69, 9.17) is 5.26 Å². The number of aromatic nitrogens is 2. The quantitative estimate of drug-likeness (QED) is 0.803. The molecule has 2 aromatic heterocycles. The van der Waals surface area contributed by atoms with Crippen LogP contribution in [0.4, 0.5) is 10.1 Å². The molecule has 1 N–H and O–H groups in total. The highest BCUT2D eigenvalue weighted by Gasteiger charge is 2.11. The SMILES string of the molecule is Cc1cn2c(CNc3ccc(C#N)cc3F)c(C)nc2s1. The molecule has 4 nitrogen and oxygen atoms in total. The van der Waals surface area contributed by atoms with Crippen LogP contribution in [0.15, 0.2) is 24.4 Å². The Morgan fingerprint density at radius 2 is 2.24 bits per heavy atom. The van der Waals surface area contributed by atoms with Crippen molar-refractivity contribution in [3.05, 3.63) is 52.0 Å². The molecule has 21 heavy (non-hydrogen) atoms. The van der Waals surface area contributed by atoms with Crippen LogP contribution in [0.1, 0.15) is 21.8 Å². The van der Waals surface area contributed by atoms with Gasteiger partial charge in [-0.2, -0.15) is 5.26 Å². The van der Waals surface area contributed by atoms with E-state index in [2.05, 4.69) is 10.3 Å².